The summed E-state index contributed by atoms with van der Waals surface area (Å²) in [4.78, 5) is 26.4. The van der Waals surface area contributed by atoms with Crippen LogP contribution in [0.4, 0.5) is 5.69 Å². The summed E-state index contributed by atoms with van der Waals surface area (Å²) in [5, 5.41) is 5.91. The smallest absolute Gasteiger partial charge is 0.240 e. The average Bonchev–Trinajstić information content (AvgIpc) is 2.58. The van der Waals surface area contributed by atoms with Crippen molar-refractivity contribution < 1.29 is 19.1 Å². The van der Waals surface area contributed by atoms with Gasteiger partial charge < -0.3 is 25.0 Å². The number of benzene rings is 1. The largest absolute Gasteiger partial charge is 0.497 e. The zero-order chi connectivity index (χ0) is 17.4. The van der Waals surface area contributed by atoms with Crippen LogP contribution in [0.25, 0.3) is 0 Å². The number of methoxy groups -OCH3 is 1. The Morgan fingerprint density at radius 1 is 1.46 bits per heavy atom. The maximum absolute atomic E-state index is 12.4. The summed E-state index contributed by atoms with van der Waals surface area (Å²) in [6, 6.07) is 6.63. The fourth-order valence-electron chi connectivity index (χ4n) is 2.59. The van der Waals surface area contributed by atoms with Gasteiger partial charge in [-0.3, -0.25) is 9.59 Å². The maximum Gasteiger partial charge on any atom is 0.240 e. The van der Waals surface area contributed by atoms with E-state index in [0.717, 1.165) is 0 Å². The number of nitrogens with zero attached hydrogens (tertiary/aromatic N) is 1. The van der Waals surface area contributed by atoms with Crippen molar-refractivity contribution in [3.8, 4) is 5.75 Å². The van der Waals surface area contributed by atoms with Crippen molar-refractivity contribution in [3.63, 3.8) is 0 Å². The third-order valence-electron chi connectivity index (χ3n) is 3.83. The molecule has 7 nitrogen and oxygen atoms in total. The van der Waals surface area contributed by atoms with Crippen LogP contribution >= 0.6 is 0 Å². The Bertz CT molecular complexity index is 565. The molecule has 1 aromatic carbocycles. The lowest BCUT2D eigenvalue weighted by molar-refractivity contribution is -0.138. The minimum Gasteiger partial charge on any atom is -0.497 e. The molecule has 1 saturated heterocycles. The van der Waals surface area contributed by atoms with Gasteiger partial charge in [0.25, 0.3) is 0 Å². The molecule has 0 radical (unpaired) electrons. The molecule has 1 aliphatic rings. The zero-order valence-electron chi connectivity index (χ0n) is 14.2. The van der Waals surface area contributed by atoms with Gasteiger partial charge in [-0.1, -0.05) is 6.07 Å². The van der Waals surface area contributed by atoms with E-state index in [4.69, 9.17) is 9.47 Å². The molecule has 7 heteroatoms. The zero-order valence-corrected chi connectivity index (χ0v) is 14.2. The van der Waals surface area contributed by atoms with Gasteiger partial charge in [-0.2, -0.15) is 0 Å². The number of anilines is 1. The van der Waals surface area contributed by atoms with E-state index in [9.17, 15) is 9.59 Å². The summed E-state index contributed by atoms with van der Waals surface area (Å²) in [5.74, 6) is 0.407. The number of carbonyl (C=O) groups is 2. The predicted octanol–water partition coefficient (Wildman–Crippen LogP) is 0.861. The summed E-state index contributed by atoms with van der Waals surface area (Å²) in [6.45, 7) is 4.94. The van der Waals surface area contributed by atoms with Crippen molar-refractivity contribution in [2.75, 3.05) is 45.3 Å². The average molecular weight is 335 g/mol. The first-order chi connectivity index (χ1) is 11.6. The van der Waals surface area contributed by atoms with Crippen LogP contribution in [0.3, 0.4) is 0 Å². The highest BCUT2D eigenvalue weighted by Gasteiger charge is 2.29. The number of amides is 2. The van der Waals surface area contributed by atoms with E-state index in [1.807, 2.05) is 6.92 Å². The van der Waals surface area contributed by atoms with E-state index in [0.29, 0.717) is 44.3 Å². The van der Waals surface area contributed by atoms with Crippen molar-refractivity contribution in [2.45, 2.75) is 19.4 Å². The number of carbonyl (C=O) groups excluding carboxylic acids is 2. The molecule has 0 aliphatic carbocycles. The maximum atomic E-state index is 12.4. The lowest BCUT2D eigenvalue weighted by atomic mass is 10.1. The van der Waals surface area contributed by atoms with E-state index in [1.54, 1.807) is 36.3 Å². The van der Waals surface area contributed by atoms with Crippen molar-refractivity contribution in [3.05, 3.63) is 24.3 Å². The molecule has 1 heterocycles. The number of ether oxygens (including phenoxy) is 2. The minimum absolute atomic E-state index is 0.0539. The highest BCUT2D eigenvalue weighted by atomic mass is 16.5. The lowest BCUT2D eigenvalue weighted by Crippen LogP contribution is -2.56. The molecule has 0 bridgehead atoms. The molecule has 1 aromatic rings. The molecular formula is C17H25N3O4. The molecule has 0 aromatic heterocycles. The van der Waals surface area contributed by atoms with Gasteiger partial charge in [0.15, 0.2) is 0 Å². The minimum atomic E-state index is -0.494. The van der Waals surface area contributed by atoms with Crippen LogP contribution in [-0.4, -0.2) is 62.7 Å². The molecule has 132 valence electrons. The van der Waals surface area contributed by atoms with Crippen molar-refractivity contribution in [1.82, 2.24) is 10.2 Å². The Hall–Kier alpha value is -2.12. The van der Waals surface area contributed by atoms with E-state index in [1.165, 1.54) is 0 Å². The van der Waals surface area contributed by atoms with Crippen LogP contribution < -0.4 is 15.4 Å². The fraction of sp³-hybridized carbons (Fsp3) is 0.529. The Morgan fingerprint density at radius 2 is 2.29 bits per heavy atom. The number of hydrogen-bond acceptors (Lipinski definition) is 5. The molecule has 2 amide bonds. The van der Waals surface area contributed by atoms with Crippen LogP contribution in [0.2, 0.25) is 0 Å². The summed E-state index contributed by atoms with van der Waals surface area (Å²) in [6.07, 6.45) is 0.0984. The van der Waals surface area contributed by atoms with Crippen molar-refractivity contribution in [2.24, 2.45) is 0 Å². The molecule has 1 fully saturated rings. The number of hydrogen-bond donors (Lipinski definition) is 2. The highest BCUT2D eigenvalue weighted by molar-refractivity contribution is 5.95. The third-order valence-corrected chi connectivity index (χ3v) is 3.83. The number of piperazine rings is 1. The van der Waals surface area contributed by atoms with E-state index < -0.39 is 6.04 Å². The Balaban J connectivity index is 1.86. The molecule has 2 N–H and O–H groups in total. The fourth-order valence-corrected chi connectivity index (χ4v) is 2.59. The first-order valence-electron chi connectivity index (χ1n) is 8.18. The Labute approximate surface area is 142 Å². The van der Waals surface area contributed by atoms with Crippen molar-refractivity contribution >= 4 is 17.5 Å². The second kappa shape index (κ2) is 9.24. The molecule has 1 aliphatic heterocycles. The Kier molecular flexibility index (Phi) is 7.02. The van der Waals surface area contributed by atoms with Crippen LogP contribution in [0.15, 0.2) is 24.3 Å². The first-order valence-corrected chi connectivity index (χ1v) is 8.18. The summed E-state index contributed by atoms with van der Waals surface area (Å²) < 4.78 is 10.4. The standard InChI is InChI=1S/C17H25N3O4/c1-3-24-10-9-20-8-7-18-15(17(20)22)12-16(21)19-13-5-4-6-14(11-13)23-2/h4-6,11,15,18H,3,7-10,12H2,1-2H3,(H,19,21). The van der Waals surface area contributed by atoms with Gasteiger partial charge in [-0.05, 0) is 19.1 Å². The van der Waals surface area contributed by atoms with Crippen LogP contribution in [0, 0.1) is 0 Å². The van der Waals surface area contributed by atoms with Gasteiger partial charge in [0, 0.05) is 38.0 Å². The molecule has 0 saturated carbocycles. The normalized spacial score (nSPS) is 17.7. The molecular weight excluding hydrogens is 310 g/mol. The SMILES string of the molecule is CCOCCN1CCNC(CC(=O)Nc2cccc(OC)c2)C1=O. The van der Waals surface area contributed by atoms with E-state index in [-0.39, 0.29) is 18.2 Å². The van der Waals surface area contributed by atoms with Gasteiger partial charge in [0.2, 0.25) is 11.8 Å². The molecule has 24 heavy (non-hydrogen) atoms. The van der Waals surface area contributed by atoms with Gasteiger partial charge >= 0.3 is 0 Å². The van der Waals surface area contributed by atoms with Gasteiger partial charge in [-0.15, -0.1) is 0 Å². The molecule has 2 rings (SSSR count). The number of nitrogens with one attached hydrogen (secondary N) is 2. The third kappa shape index (κ3) is 5.21. The highest BCUT2D eigenvalue weighted by Crippen LogP contribution is 2.17. The van der Waals surface area contributed by atoms with Crippen LogP contribution in [0.1, 0.15) is 13.3 Å². The van der Waals surface area contributed by atoms with Gasteiger partial charge in [0.05, 0.1) is 26.2 Å². The Morgan fingerprint density at radius 3 is 3.04 bits per heavy atom. The second-order valence-corrected chi connectivity index (χ2v) is 5.51. The molecule has 1 unspecified atom stereocenters. The summed E-state index contributed by atoms with van der Waals surface area (Å²) >= 11 is 0. The number of rotatable bonds is 8. The quantitative estimate of drug-likeness (QED) is 0.689. The summed E-state index contributed by atoms with van der Waals surface area (Å²) in [5.41, 5.74) is 0.649. The van der Waals surface area contributed by atoms with Gasteiger partial charge in [0.1, 0.15) is 5.75 Å². The monoisotopic (exact) mass is 335 g/mol. The van der Waals surface area contributed by atoms with Crippen LogP contribution in [-0.2, 0) is 14.3 Å². The first kappa shape index (κ1) is 18.2. The predicted molar refractivity (Wildman–Crippen MR) is 91.1 cm³/mol. The van der Waals surface area contributed by atoms with Crippen LogP contribution in [0.5, 0.6) is 5.75 Å². The second-order valence-electron chi connectivity index (χ2n) is 5.51. The molecule has 0 spiro atoms. The topological polar surface area (TPSA) is 79.9 Å². The summed E-state index contributed by atoms with van der Waals surface area (Å²) in [7, 11) is 1.57. The van der Waals surface area contributed by atoms with E-state index in [2.05, 4.69) is 10.6 Å². The van der Waals surface area contributed by atoms with E-state index >= 15 is 0 Å². The lowest BCUT2D eigenvalue weighted by Gasteiger charge is -2.32. The van der Waals surface area contributed by atoms with Gasteiger partial charge in [-0.25, -0.2) is 0 Å². The van der Waals surface area contributed by atoms with Crippen molar-refractivity contribution in [1.29, 1.82) is 0 Å². The molecule has 1 atom stereocenters.